The van der Waals surface area contributed by atoms with Crippen LogP contribution in [0.1, 0.15) is 18.4 Å². The summed E-state index contributed by atoms with van der Waals surface area (Å²) in [6.45, 7) is 1.24. The molecule has 0 aliphatic heterocycles. The lowest BCUT2D eigenvalue weighted by Crippen LogP contribution is -2.42. The van der Waals surface area contributed by atoms with Crippen molar-refractivity contribution in [2.45, 2.75) is 18.4 Å². The summed E-state index contributed by atoms with van der Waals surface area (Å²) in [6, 6.07) is 9.64. The molecule has 0 atom stereocenters. The Hall–Kier alpha value is -2.23. The predicted molar refractivity (Wildman–Crippen MR) is 67.9 cm³/mol. The highest BCUT2D eigenvalue weighted by Gasteiger charge is 2.44. The van der Waals surface area contributed by atoms with E-state index in [0.717, 1.165) is 5.56 Å². The van der Waals surface area contributed by atoms with Crippen LogP contribution in [0.3, 0.4) is 0 Å². The van der Waals surface area contributed by atoms with E-state index < -0.39 is 16.2 Å². The molecule has 0 saturated carbocycles. The second kappa shape index (κ2) is 4.56. The Bertz CT molecular complexity index is 501. The summed E-state index contributed by atoms with van der Waals surface area (Å²) >= 11 is 0. The largest absolute Gasteiger partial charge is 0.315 e. The van der Waals surface area contributed by atoms with E-state index in [-0.39, 0.29) is 5.92 Å². The van der Waals surface area contributed by atoms with Crippen LogP contribution < -0.4 is 0 Å². The Labute approximate surface area is 105 Å². The zero-order valence-corrected chi connectivity index (χ0v) is 9.95. The van der Waals surface area contributed by atoms with E-state index in [4.69, 9.17) is 0 Å². The van der Waals surface area contributed by atoms with E-state index >= 15 is 0 Å². The highest BCUT2D eigenvalue weighted by Crippen LogP contribution is 2.28. The molecule has 1 aromatic rings. The first kappa shape index (κ1) is 12.2. The fourth-order valence-electron chi connectivity index (χ4n) is 2.00. The van der Waals surface area contributed by atoms with Crippen LogP contribution in [0.5, 0.6) is 0 Å². The number of nitrogens with zero attached hydrogens (tertiary/aromatic N) is 1. The first-order valence-corrected chi connectivity index (χ1v) is 5.65. The minimum atomic E-state index is -1.69. The summed E-state index contributed by atoms with van der Waals surface area (Å²) in [5.74, 6) is -0.495. The van der Waals surface area contributed by atoms with Gasteiger partial charge in [0.25, 0.3) is 0 Å². The van der Waals surface area contributed by atoms with Gasteiger partial charge in [0.1, 0.15) is 0 Å². The Kier molecular flexibility index (Phi) is 3.10. The zero-order valence-electron chi connectivity index (χ0n) is 9.95. The first-order chi connectivity index (χ1) is 8.56. The van der Waals surface area contributed by atoms with Crippen molar-refractivity contribution in [2.24, 2.45) is 0 Å². The van der Waals surface area contributed by atoms with E-state index in [2.05, 4.69) is 0 Å². The molecule has 0 saturated heterocycles. The predicted octanol–water partition coefficient (Wildman–Crippen LogP) is 2.50. The van der Waals surface area contributed by atoms with Gasteiger partial charge in [-0.15, -0.1) is 0 Å². The summed E-state index contributed by atoms with van der Waals surface area (Å²) < 4.78 is 0. The lowest BCUT2D eigenvalue weighted by Gasteiger charge is -2.20. The number of hydrogen-bond donors (Lipinski definition) is 0. The van der Waals surface area contributed by atoms with Crippen LogP contribution in [0, 0.1) is 10.1 Å². The maximum absolute atomic E-state index is 11.5. The number of carbonyl (C=O) groups is 1. The lowest BCUT2D eigenvalue weighted by molar-refractivity contribution is -0.524. The Morgan fingerprint density at radius 1 is 1.22 bits per heavy atom. The quantitative estimate of drug-likeness (QED) is 0.465. The second-order valence-corrected chi connectivity index (χ2v) is 4.29. The van der Waals surface area contributed by atoms with Gasteiger partial charge in [0, 0.05) is 29.9 Å². The summed E-state index contributed by atoms with van der Waals surface area (Å²) in [7, 11) is 0. The highest BCUT2D eigenvalue weighted by molar-refractivity contribution is 5.89. The Balaban J connectivity index is 2.31. The average molecular weight is 243 g/mol. The van der Waals surface area contributed by atoms with Gasteiger partial charge in [-0.1, -0.05) is 42.5 Å². The fourth-order valence-corrected chi connectivity index (χ4v) is 2.00. The fraction of sp³-hybridized carbons (Fsp3) is 0.214. The Morgan fingerprint density at radius 2 is 1.78 bits per heavy atom. The van der Waals surface area contributed by atoms with Gasteiger partial charge in [-0.05, 0) is 5.56 Å². The van der Waals surface area contributed by atoms with Crippen molar-refractivity contribution >= 4 is 5.78 Å². The van der Waals surface area contributed by atoms with Crippen LogP contribution in [0.2, 0.25) is 0 Å². The molecule has 1 aliphatic carbocycles. The molecule has 0 spiro atoms. The van der Waals surface area contributed by atoms with Crippen molar-refractivity contribution < 1.29 is 9.72 Å². The number of nitro groups is 1. The molecule has 0 bridgehead atoms. The highest BCUT2D eigenvalue weighted by atomic mass is 16.6. The molecule has 0 amide bonds. The maximum atomic E-state index is 11.5. The Morgan fingerprint density at radius 3 is 2.22 bits per heavy atom. The molecule has 0 heterocycles. The minimum absolute atomic E-state index is 0.0152. The molecule has 1 aromatic carbocycles. The van der Waals surface area contributed by atoms with Crippen molar-refractivity contribution in [1.29, 1.82) is 0 Å². The molecule has 18 heavy (non-hydrogen) atoms. The average Bonchev–Trinajstić information content (AvgIpc) is 2.39. The first-order valence-electron chi connectivity index (χ1n) is 5.65. The topological polar surface area (TPSA) is 60.2 Å². The van der Waals surface area contributed by atoms with Gasteiger partial charge in [-0.2, -0.15) is 0 Å². The molecular weight excluding hydrogens is 230 g/mol. The third-order valence-electron chi connectivity index (χ3n) is 3.17. The van der Waals surface area contributed by atoms with Crippen molar-refractivity contribution in [3.63, 3.8) is 0 Å². The summed E-state index contributed by atoms with van der Waals surface area (Å²) in [5.41, 5.74) is -0.642. The molecule has 0 radical (unpaired) electrons. The summed E-state index contributed by atoms with van der Waals surface area (Å²) in [5, 5.41) is 11.0. The molecule has 0 unspecified atom stereocenters. The third kappa shape index (κ3) is 1.97. The molecular formula is C14H13NO3. The van der Waals surface area contributed by atoms with E-state index in [9.17, 15) is 14.9 Å². The summed E-state index contributed by atoms with van der Waals surface area (Å²) in [6.07, 6.45) is 6.18. The number of hydrogen-bond acceptors (Lipinski definition) is 3. The SMILES string of the molecule is CC(=O)C1([N+](=O)[O-])C=CC(c2ccccc2)C=C1. The number of rotatable bonds is 3. The van der Waals surface area contributed by atoms with Crippen LogP contribution in [-0.2, 0) is 4.79 Å². The van der Waals surface area contributed by atoms with Crippen LogP contribution in [0.25, 0.3) is 0 Å². The standard InChI is InChI=1S/C14H13NO3/c1-11(16)14(15(17)18)9-7-13(8-10-14)12-5-3-2-4-6-12/h2-10,13H,1H3. The van der Waals surface area contributed by atoms with E-state index in [1.165, 1.54) is 19.1 Å². The molecule has 1 aliphatic rings. The van der Waals surface area contributed by atoms with Crippen LogP contribution in [-0.4, -0.2) is 16.2 Å². The number of ketones is 1. The molecule has 0 aromatic heterocycles. The molecule has 4 nitrogen and oxygen atoms in total. The van der Waals surface area contributed by atoms with Crippen LogP contribution in [0.15, 0.2) is 54.6 Å². The molecule has 2 rings (SSSR count). The zero-order chi connectivity index (χ0) is 13.2. The van der Waals surface area contributed by atoms with Gasteiger partial charge in [0.2, 0.25) is 5.78 Å². The number of allylic oxidation sites excluding steroid dienone is 2. The number of Topliss-reactive ketones (excluding diaryl/α,β-unsaturated/α-hetero) is 1. The van der Waals surface area contributed by atoms with Crippen molar-refractivity contribution in [2.75, 3.05) is 0 Å². The van der Waals surface area contributed by atoms with Gasteiger partial charge < -0.3 is 0 Å². The monoisotopic (exact) mass is 243 g/mol. The van der Waals surface area contributed by atoms with Gasteiger partial charge >= 0.3 is 5.54 Å². The van der Waals surface area contributed by atoms with E-state index in [1.807, 2.05) is 30.3 Å². The van der Waals surface area contributed by atoms with E-state index in [0.29, 0.717) is 0 Å². The molecule has 0 fully saturated rings. The third-order valence-corrected chi connectivity index (χ3v) is 3.17. The molecule has 4 heteroatoms. The molecule has 92 valence electrons. The smallest absolute Gasteiger partial charge is 0.291 e. The molecule has 0 N–H and O–H groups in total. The van der Waals surface area contributed by atoms with Crippen molar-refractivity contribution in [1.82, 2.24) is 0 Å². The van der Waals surface area contributed by atoms with E-state index in [1.54, 1.807) is 12.2 Å². The van der Waals surface area contributed by atoms with Crippen LogP contribution in [0.4, 0.5) is 0 Å². The van der Waals surface area contributed by atoms with Crippen molar-refractivity contribution in [3.05, 3.63) is 70.3 Å². The minimum Gasteiger partial charge on any atom is -0.291 e. The van der Waals surface area contributed by atoms with Gasteiger partial charge in [0.05, 0.1) is 0 Å². The van der Waals surface area contributed by atoms with Gasteiger partial charge in [-0.3, -0.25) is 14.9 Å². The maximum Gasteiger partial charge on any atom is 0.315 e. The lowest BCUT2D eigenvalue weighted by atomic mass is 9.84. The number of benzene rings is 1. The van der Waals surface area contributed by atoms with Gasteiger partial charge in [0.15, 0.2) is 0 Å². The van der Waals surface area contributed by atoms with Crippen molar-refractivity contribution in [3.8, 4) is 0 Å². The summed E-state index contributed by atoms with van der Waals surface area (Å²) in [4.78, 5) is 22.0. The second-order valence-electron chi connectivity index (χ2n) is 4.29. The normalized spacial score (nSPS) is 25.9. The van der Waals surface area contributed by atoms with Gasteiger partial charge in [-0.25, -0.2) is 0 Å². The van der Waals surface area contributed by atoms with Crippen LogP contribution >= 0.6 is 0 Å². The number of carbonyl (C=O) groups excluding carboxylic acids is 1.